The van der Waals surface area contributed by atoms with Crippen molar-refractivity contribution in [3.05, 3.63) is 80.6 Å². The van der Waals surface area contributed by atoms with E-state index in [0.29, 0.717) is 15.9 Å². The first-order chi connectivity index (χ1) is 12.5. The van der Waals surface area contributed by atoms with Crippen molar-refractivity contribution in [2.75, 3.05) is 7.05 Å². The topological polar surface area (TPSA) is 65.2 Å². The van der Waals surface area contributed by atoms with E-state index in [1.807, 2.05) is 31.3 Å². The molecule has 5 nitrogen and oxygen atoms in total. The first-order valence-electron chi connectivity index (χ1n) is 8.00. The van der Waals surface area contributed by atoms with E-state index in [4.69, 9.17) is 23.4 Å². The number of fused-ring (bicyclic) bond motifs is 1. The molecule has 7 heteroatoms. The number of benzene rings is 2. The average Bonchev–Trinajstić information content (AvgIpc) is 2.63. The van der Waals surface area contributed by atoms with Gasteiger partial charge in [-0.15, -0.1) is 0 Å². The Kier molecular flexibility index (Phi) is 5.61. The van der Waals surface area contributed by atoms with Gasteiger partial charge >= 0.3 is 0 Å². The van der Waals surface area contributed by atoms with Crippen molar-refractivity contribution < 1.29 is 4.79 Å². The van der Waals surface area contributed by atoms with Crippen molar-refractivity contribution in [3.8, 4) is 0 Å². The number of nitrogens with zero attached hydrogens (tertiary/aromatic N) is 1. The Balaban J connectivity index is 1.82. The van der Waals surface area contributed by atoms with Crippen LogP contribution < -0.4 is 10.7 Å². The fourth-order valence-corrected chi connectivity index (χ4v) is 3.08. The number of carbonyl (C=O) groups excluding carboxylic acids is 1. The second-order valence-electron chi connectivity index (χ2n) is 5.89. The number of aromatic amines is 1. The maximum absolute atomic E-state index is 12.6. The number of carbonyl (C=O) groups is 1. The molecule has 2 N–H and O–H groups in total. The van der Waals surface area contributed by atoms with Crippen molar-refractivity contribution in [1.82, 2.24) is 14.7 Å². The van der Waals surface area contributed by atoms with E-state index < -0.39 is 5.91 Å². The lowest BCUT2D eigenvalue weighted by Crippen LogP contribution is -2.27. The van der Waals surface area contributed by atoms with E-state index in [2.05, 4.69) is 10.3 Å². The van der Waals surface area contributed by atoms with Crippen LogP contribution in [0.3, 0.4) is 0 Å². The number of nitrogens with one attached hydrogen (secondary N) is 2. The highest BCUT2D eigenvalue weighted by atomic mass is 35.5. The number of hydrogen-bond acceptors (Lipinski definition) is 3. The van der Waals surface area contributed by atoms with Gasteiger partial charge in [0.25, 0.3) is 5.91 Å². The molecule has 134 valence electrons. The van der Waals surface area contributed by atoms with Crippen LogP contribution in [0, 0.1) is 0 Å². The zero-order valence-electron chi connectivity index (χ0n) is 14.1. The third-order valence-corrected chi connectivity index (χ3v) is 4.53. The summed E-state index contributed by atoms with van der Waals surface area (Å²) in [5.74, 6) is -0.552. The predicted octanol–water partition coefficient (Wildman–Crippen LogP) is 3.70. The Morgan fingerprint density at radius 2 is 1.85 bits per heavy atom. The summed E-state index contributed by atoms with van der Waals surface area (Å²) in [6.07, 6.45) is 1.37. The van der Waals surface area contributed by atoms with Gasteiger partial charge in [-0.1, -0.05) is 35.9 Å². The van der Waals surface area contributed by atoms with Crippen molar-refractivity contribution in [2.45, 2.75) is 13.1 Å². The van der Waals surface area contributed by atoms with Crippen molar-refractivity contribution in [3.63, 3.8) is 0 Å². The van der Waals surface area contributed by atoms with Gasteiger partial charge < -0.3 is 10.3 Å². The Labute approximate surface area is 160 Å². The number of halogens is 2. The smallest absolute Gasteiger partial charge is 0.274 e. The number of aromatic nitrogens is 1. The summed E-state index contributed by atoms with van der Waals surface area (Å²) < 4.78 is 1.01. The fraction of sp³-hybridized carbons (Fsp3) is 0.158. The van der Waals surface area contributed by atoms with Gasteiger partial charge in [-0.05, 0) is 36.4 Å². The maximum atomic E-state index is 12.6. The zero-order chi connectivity index (χ0) is 18.7. The largest absolute Gasteiger partial charge is 0.360 e. The van der Waals surface area contributed by atoms with Gasteiger partial charge in [0.1, 0.15) is 5.56 Å². The molecule has 0 fully saturated rings. The van der Waals surface area contributed by atoms with Gasteiger partial charge in [0.2, 0.25) is 5.43 Å². The average molecular weight is 390 g/mol. The van der Waals surface area contributed by atoms with E-state index in [1.165, 1.54) is 6.20 Å². The highest BCUT2D eigenvalue weighted by Crippen LogP contribution is 2.17. The van der Waals surface area contributed by atoms with Gasteiger partial charge in [-0.3, -0.25) is 9.59 Å². The van der Waals surface area contributed by atoms with Crippen LogP contribution in [-0.2, 0) is 13.1 Å². The van der Waals surface area contributed by atoms with Crippen LogP contribution in [0.1, 0.15) is 21.5 Å². The monoisotopic (exact) mass is 389 g/mol. The highest BCUT2D eigenvalue weighted by Gasteiger charge is 2.19. The van der Waals surface area contributed by atoms with Gasteiger partial charge in [-0.25, -0.2) is 4.42 Å². The third-order valence-electron chi connectivity index (χ3n) is 4.02. The summed E-state index contributed by atoms with van der Waals surface area (Å²) >= 11 is 12.1. The number of H-pyrrole nitrogens is 1. The lowest BCUT2D eigenvalue weighted by atomic mass is 10.1. The number of amides is 1. The molecular weight excluding hydrogens is 373 g/mol. The number of hydrogen-bond donors (Lipinski definition) is 2. The maximum Gasteiger partial charge on any atom is 0.274 e. The molecule has 26 heavy (non-hydrogen) atoms. The molecule has 1 amide bonds. The summed E-state index contributed by atoms with van der Waals surface area (Å²) in [5.41, 5.74) is 2.18. The molecule has 0 unspecified atom stereocenters. The molecule has 3 aromatic rings. The summed E-state index contributed by atoms with van der Waals surface area (Å²) in [5, 5.41) is 3.97. The second-order valence-corrected chi connectivity index (χ2v) is 6.74. The summed E-state index contributed by atoms with van der Waals surface area (Å²) in [6, 6.07) is 12.6. The molecule has 0 aliphatic heterocycles. The van der Waals surface area contributed by atoms with Gasteiger partial charge in [0.15, 0.2) is 0 Å². The second kappa shape index (κ2) is 7.91. The minimum absolute atomic E-state index is 0.0124. The molecule has 0 aliphatic rings. The molecule has 0 atom stereocenters. The molecule has 0 aliphatic carbocycles. The summed E-state index contributed by atoms with van der Waals surface area (Å²) in [4.78, 5) is 28.1. The lowest BCUT2D eigenvalue weighted by Gasteiger charge is -2.14. The van der Waals surface area contributed by atoms with Gasteiger partial charge in [0.05, 0.1) is 12.1 Å². The van der Waals surface area contributed by atoms with Crippen LogP contribution in [0.15, 0.2) is 53.5 Å². The quantitative estimate of drug-likeness (QED) is 0.653. The Bertz CT molecular complexity index is 1000. The number of pyridine rings is 1. The molecular formula is C19H17Cl2N3O2. The van der Waals surface area contributed by atoms with Crippen LogP contribution in [0.25, 0.3) is 10.9 Å². The SMILES string of the molecule is CNCc1ccc(CN(Cl)C(=O)c2c[nH]c3cc(Cl)ccc3c2=O)cc1. The van der Waals surface area contributed by atoms with Crippen LogP contribution in [-0.4, -0.2) is 22.4 Å². The van der Waals surface area contributed by atoms with E-state index in [0.717, 1.165) is 22.1 Å². The fourth-order valence-electron chi connectivity index (χ4n) is 2.68. The third kappa shape index (κ3) is 3.90. The van der Waals surface area contributed by atoms with Gasteiger partial charge in [-0.2, -0.15) is 0 Å². The molecule has 0 spiro atoms. The molecule has 0 saturated carbocycles. The molecule has 3 rings (SSSR count). The predicted molar refractivity (Wildman–Crippen MR) is 105 cm³/mol. The summed E-state index contributed by atoms with van der Waals surface area (Å²) in [7, 11) is 1.88. The van der Waals surface area contributed by atoms with E-state index >= 15 is 0 Å². The molecule has 2 aromatic carbocycles. The van der Waals surface area contributed by atoms with E-state index in [1.54, 1.807) is 18.2 Å². The number of rotatable bonds is 5. The van der Waals surface area contributed by atoms with E-state index in [9.17, 15) is 9.59 Å². The molecule has 0 radical (unpaired) electrons. The molecule has 0 bridgehead atoms. The Morgan fingerprint density at radius 1 is 1.15 bits per heavy atom. The minimum Gasteiger partial charge on any atom is -0.360 e. The molecule has 0 saturated heterocycles. The van der Waals surface area contributed by atoms with Crippen molar-refractivity contribution >= 4 is 40.2 Å². The molecule has 1 aromatic heterocycles. The normalized spacial score (nSPS) is 10.9. The zero-order valence-corrected chi connectivity index (χ0v) is 15.6. The highest BCUT2D eigenvalue weighted by molar-refractivity contribution is 6.31. The van der Waals surface area contributed by atoms with Crippen LogP contribution in [0.5, 0.6) is 0 Å². The van der Waals surface area contributed by atoms with E-state index in [-0.39, 0.29) is 17.5 Å². The first-order valence-corrected chi connectivity index (χ1v) is 8.72. The molecule has 1 heterocycles. The van der Waals surface area contributed by atoms with Crippen molar-refractivity contribution in [1.29, 1.82) is 0 Å². The Morgan fingerprint density at radius 3 is 2.54 bits per heavy atom. The standard InChI is InChI=1S/C19H17Cl2N3O2/c1-22-9-12-2-4-13(5-3-12)11-24(21)19(26)16-10-23-17-8-14(20)6-7-15(17)18(16)25/h2-8,10,22H,9,11H2,1H3,(H,23,25). The van der Waals surface area contributed by atoms with Crippen molar-refractivity contribution in [2.24, 2.45) is 0 Å². The Hall–Kier alpha value is -2.34. The van der Waals surface area contributed by atoms with Crippen LogP contribution >= 0.6 is 23.4 Å². The van der Waals surface area contributed by atoms with Crippen LogP contribution in [0.4, 0.5) is 0 Å². The first kappa shape index (κ1) is 18.5. The summed E-state index contributed by atoms with van der Waals surface area (Å²) in [6.45, 7) is 0.957. The van der Waals surface area contributed by atoms with Crippen LogP contribution in [0.2, 0.25) is 5.02 Å². The minimum atomic E-state index is -0.552. The lowest BCUT2D eigenvalue weighted by molar-refractivity contribution is 0.0856. The van der Waals surface area contributed by atoms with Gasteiger partial charge in [0, 0.05) is 34.9 Å².